The summed E-state index contributed by atoms with van der Waals surface area (Å²) in [5.41, 5.74) is -1.06. The molecule has 12 heteroatoms. The van der Waals surface area contributed by atoms with E-state index >= 15 is 0 Å². The summed E-state index contributed by atoms with van der Waals surface area (Å²) < 4.78 is 11.8. The van der Waals surface area contributed by atoms with Gasteiger partial charge in [0.25, 0.3) is 0 Å². The van der Waals surface area contributed by atoms with Crippen LogP contribution in [-0.4, -0.2) is 121 Å². The number of hydrogen-bond acceptors (Lipinski definition) is 12. The van der Waals surface area contributed by atoms with Crippen molar-refractivity contribution in [3.63, 3.8) is 0 Å². The minimum atomic E-state index is -1.45. The van der Waals surface area contributed by atoms with E-state index in [1.807, 2.05) is 30.0 Å². The van der Waals surface area contributed by atoms with Gasteiger partial charge in [0.05, 0.1) is 17.0 Å². The summed E-state index contributed by atoms with van der Waals surface area (Å²) in [7, 11) is 3.73. The van der Waals surface area contributed by atoms with E-state index in [0.29, 0.717) is 42.6 Å². The molecule has 4 aliphatic heterocycles. The number of benzene rings is 2. The molecule has 10 rings (SSSR count). The van der Waals surface area contributed by atoms with Crippen LogP contribution >= 0.6 is 0 Å². The molecule has 46 heavy (non-hydrogen) atoms. The first-order chi connectivity index (χ1) is 21.9. The monoisotopic (exact) mass is 630 g/mol. The topological polar surface area (TPSA) is 180 Å². The van der Waals surface area contributed by atoms with E-state index in [-0.39, 0.29) is 57.8 Å². The summed E-state index contributed by atoms with van der Waals surface area (Å²) in [6.45, 7) is 1.30. The molecule has 0 amide bonds. The number of likely N-dealkylation sites (N-methyl/N-ethyl adjacent to an activating group) is 2. The van der Waals surface area contributed by atoms with Gasteiger partial charge in [0.2, 0.25) is 0 Å². The lowest BCUT2D eigenvalue weighted by Crippen LogP contribution is -2.76. The molecule has 4 heterocycles. The van der Waals surface area contributed by atoms with Gasteiger partial charge in [-0.3, -0.25) is 19.4 Å². The first kappa shape index (κ1) is 28.3. The summed E-state index contributed by atoms with van der Waals surface area (Å²) in [4.78, 5) is 29.9. The van der Waals surface area contributed by atoms with E-state index in [0.717, 1.165) is 6.07 Å². The summed E-state index contributed by atoms with van der Waals surface area (Å²) >= 11 is 0. The fraction of sp³-hybridized carbons (Fsp3) is 0.471. The normalized spacial score (nSPS) is 41.6. The maximum absolute atomic E-state index is 13.0. The molecule has 240 valence electrons. The van der Waals surface area contributed by atoms with Gasteiger partial charge in [-0.25, -0.2) is 0 Å². The summed E-state index contributed by atoms with van der Waals surface area (Å²) in [6, 6.07) is 3.11. The predicted octanol–water partition coefficient (Wildman–Crippen LogP) is 0.497. The van der Waals surface area contributed by atoms with Crippen LogP contribution < -0.4 is 9.47 Å². The van der Waals surface area contributed by atoms with E-state index < -0.39 is 46.9 Å². The standard InChI is InChI=1S/2C17H17NO5/c1-18-7-6-16-11-8-2-3-9(19)13(11)23-15(16)10(20)4-5-17(16,22)14(18)12(8)21;1-18-5-4-17-7-2-3-8(19)16(17)23-15-10(21)6-9(20)11(12(15)17)14(22)13(7)18/h2-5,10,14-15,19-20,22H,6-7H2,1H3;2-3,6-8,13,16,19-21H,4-5H2,1H3/t10-,14+,15-,16-,17+;7-,8-,13-,16-,17-/m00/s1. The average Bonchev–Trinajstić information content (AvgIpc) is 3.55. The molecule has 4 aliphatic carbocycles. The second kappa shape index (κ2) is 8.69. The quantitative estimate of drug-likeness (QED) is 0.222. The van der Waals surface area contributed by atoms with Gasteiger partial charge in [0, 0.05) is 34.1 Å². The lowest BCUT2D eigenvalue weighted by atomic mass is 9.50. The van der Waals surface area contributed by atoms with Crippen LogP contribution in [0.3, 0.4) is 0 Å². The van der Waals surface area contributed by atoms with Gasteiger partial charge in [-0.05, 0) is 52.2 Å². The van der Waals surface area contributed by atoms with Crippen molar-refractivity contribution in [2.75, 3.05) is 27.2 Å². The van der Waals surface area contributed by atoms with Crippen molar-refractivity contribution < 1.29 is 49.7 Å². The molecule has 2 saturated heterocycles. The highest BCUT2D eigenvalue weighted by molar-refractivity contribution is 6.08. The largest absolute Gasteiger partial charge is 0.507 e. The van der Waals surface area contributed by atoms with E-state index in [2.05, 4.69) is 0 Å². The molecule has 2 fully saturated rings. The number of likely N-dealkylation sites (tertiary alicyclic amines) is 2. The minimum absolute atomic E-state index is 0.0627. The molecule has 2 aromatic carbocycles. The number of rotatable bonds is 0. The van der Waals surface area contributed by atoms with Crippen molar-refractivity contribution in [1.82, 2.24) is 9.80 Å². The third kappa shape index (κ3) is 2.90. The molecular weight excluding hydrogens is 596 g/mol. The molecule has 8 aliphatic rings. The molecule has 0 radical (unpaired) electrons. The Hall–Kier alpha value is -3.94. The minimum Gasteiger partial charge on any atom is -0.507 e. The van der Waals surface area contributed by atoms with Gasteiger partial charge < -0.3 is 40.1 Å². The Bertz CT molecular complexity index is 1840. The van der Waals surface area contributed by atoms with Crippen molar-refractivity contribution in [1.29, 1.82) is 0 Å². The molecule has 0 aromatic heterocycles. The molecule has 12 nitrogen and oxygen atoms in total. The van der Waals surface area contributed by atoms with Crippen LogP contribution in [0, 0.1) is 5.92 Å². The Morgan fingerprint density at radius 2 is 1.50 bits per heavy atom. The third-order valence-electron chi connectivity index (χ3n) is 12.2. The van der Waals surface area contributed by atoms with Gasteiger partial charge in [0.15, 0.2) is 34.6 Å². The Kier molecular flexibility index (Phi) is 5.35. The number of hydrogen-bond donors (Lipinski definition) is 6. The van der Waals surface area contributed by atoms with Crippen LogP contribution in [-0.2, 0) is 10.8 Å². The number of phenolic OH excluding ortho intramolecular Hbond substituents is 3. The van der Waals surface area contributed by atoms with Crippen molar-refractivity contribution in [2.24, 2.45) is 5.92 Å². The van der Waals surface area contributed by atoms with Gasteiger partial charge in [-0.15, -0.1) is 0 Å². The molecule has 4 bridgehead atoms. The summed E-state index contributed by atoms with van der Waals surface area (Å²) in [5, 5.41) is 63.1. The van der Waals surface area contributed by atoms with Gasteiger partial charge in [0.1, 0.15) is 41.8 Å². The second-order valence-electron chi connectivity index (χ2n) is 14.0. The number of piperidine rings is 2. The van der Waals surface area contributed by atoms with Gasteiger partial charge in [-0.1, -0.05) is 24.3 Å². The number of aliphatic hydroxyl groups is 3. The number of carbonyl (C=O) groups is 2. The fourth-order valence-corrected chi connectivity index (χ4v) is 10.3. The molecule has 0 saturated carbocycles. The van der Waals surface area contributed by atoms with Crippen LogP contribution in [0.25, 0.3) is 0 Å². The van der Waals surface area contributed by atoms with Crippen LogP contribution in [0.15, 0.2) is 42.5 Å². The van der Waals surface area contributed by atoms with Crippen molar-refractivity contribution in [3.05, 3.63) is 64.8 Å². The first-order valence-corrected chi connectivity index (χ1v) is 15.6. The van der Waals surface area contributed by atoms with Crippen molar-refractivity contribution >= 4 is 11.6 Å². The summed E-state index contributed by atoms with van der Waals surface area (Å²) in [6.07, 6.45) is 4.94. The molecule has 6 N–H and O–H groups in total. The Labute approximate surface area is 263 Å². The zero-order chi connectivity index (χ0) is 32.2. The Morgan fingerprint density at radius 3 is 2.28 bits per heavy atom. The van der Waals surface area contributed by atoms with Crippen molar-refractivity contribution in [3.8, 4) is 28.7 Å². The maximum atomic E-state index is 13.0. The molecular formula is C34H34N2O10. The number of carbonyl (C=O) groups excluding carboxylic acids is 2. The van der Waals surface area contributed by atoms with Crippen LogP contribution in [0.2, 0.25) is 0 Å². The van der Waals surface area contributed by atoms with Crippen molar-refractivity contribution in [2.45, 2.75) is 65.8 Å². The number of aliphatic hydroxyl groups excluding tert-OH is 2. The number of ketones is 2. The second-order valence-corrected chi connectivity index (χ2v) is 14.0. The molecule has 2 spiro atoms. The average molecular weight is 631 g/mol. The smallest absolute Gasteiger partial charge is 0.184 e. The number of phenols is 3. The highest BCUT2D eigenvalue weighted by Gasteiger charge is 2.73. The highest BCUT2D eigenvalue weighted by Crippen LogP contribution is 2.65. The molecule has 10 atom stereocenters. The molecule has 0 unspecified atom stereocenters. The zero-order valence-electron chi connectivity index (χ0n) is 25.1. The number of nitrogens with zero attached hydrogens (tertiary/aromatic N) is 2. The number of aromatic hydroxyl groups is 3. The van der Waals surface area contributed by atoms with E-state index in [1.165, 1.54) is 12.1 Å². The SMILES string of the molecule is CN1CC[C@@]23c4c5c(O)cc(O)c4C(=O)[C@@H]1[C@@H]2C=C[C@H](O)[C@@H]3O5.CN1CC[C@]23c4c5ccc(O)c4O[C@H]2[C@@H](O)C=C[C@@]3(O)[C@H]1C5=O. The van der Waals surface area contributed by atoms with E-state index in [9.17, 15) is 40.2 Å². The van der Waals surface area contributed by atoms with Crippen LogP contribution in [0.4, 0.5) is 0 Å². The fourth-order valence-electron chi connectivity index (χ4n) is 10.3. The lowest BCUT2D eigenvalue weighted by molar-refractivity contribution is -0.138. The van der Waals surface area contributed by atoms with E-state index in [1.54, 1.807) is 18.2 Å². The molecule has 2 aromatic rings. The highest BCUT2D eigenvalue weighted by atomic mass is 16.5. The summed E-state index contributed by atoms with van der Waals surface area (Å²) in [5.74, 6) is -0.432. The third-order valence-corrected chi connectivity index (χ3v) is 12.2. The number of ether oxygens (including phenoxy) is 2. The lowest BCUT2D eigenvalue weighted by Gasteiger charge is -2.60. The van der Waals surface area contributed by atoms with Crippen LogP contribution in [0.1, 0.15) is 44.7 Å². The van der Waals surface area contributed by atoms with Gasteiger partial charge in [-0.2, -0.15) is 0 Å². The predicted molar refractivity (Wildman–Crippen MR) is 160 cm³/mol. The number of Topliss-reactive ketones (excluding diaryl/α,β-unsaturated/α-hetero) is 2. The van der Waals surface area contributed by atoms with Crippen LogP contribution in [0.5, 0.6) is 28.7 Å². The first-order valence-electron chi connectivity index (χ1n) is 15.6. The zero-order valence-corrected chi connectivity index (χ0v) is 25.1. The Balaban J connectivity index is 0.000000127. The van der Waals surface area contributed by atoms with Gasteiger partial charge >= 0.3 is 0 Å². The van der Waals surface area contributed by atoms with E-state index in [4.69, 9.17) is 9.47 Å². The maximum Gasteiger partial charge on any atom is 0.184 e. The Morgan fingerprint density at radius 1 is 0.804 bits per heavy atom.